The molecule has 1 atom stereocenters. The number of ether oxygens (including phenoxy) is 1. The van der Waals surface area contributed by atoms with Gasteiger partial charge in [-0.3, -0.25) is 15.0 Å². The van der Waals surface area contributed by atoms with E-state index in [4.69, 9.17) is 17.3 Å². The van der Waals surface area contributed by atoms with Gasteiger partial charge in [0.25, 0.3) is 0 Å². The molecule has 158 valence electrons. The van der Waals surface area contributed by atoms with Crippen LogP contribution in [-0.2, 0) is 19.1 Å². The van der Waals surface area contributed by atoms with E-state index in [9.17, 15) is 14.4 Å². The molecule has 10 heteroatoms. The number of nitrogen functional groups attached to an aromatic ring is 1. The fraction of sp³-hybridized carbons (Fsp3) is 0.350. The monoisotopic (exact) mass is 413 g/mol. The predicted octanol–water partition coefficient (Wildman–Crippen LogP) is 0.949. The molecule has 1 aliphatic carbocycles. The van der Waals surface area contributed by atoms with Crippen LogP contribution in [0.1, 0.15) is 38.7 Å². The molecule has 1 saturated carbocycles. The first-order valence-corrected chi connectivity index (χ1v) is 9.47. The van der Waals surface area contributed by atoms with Gasteiger partial charge < -0.3 is 25.7 Å². The van der Waals surface area contributed by atoms with Crippen LogP contribution in [0, 0.1) is 5.41 Å². The second-order valence-electron chi connectivity index (χ2n) is 6.83. The van der Waals surface area contributed by atoms with Crippen LogP contribution in [0.3, 0.4) is 0 Å². The lowest BCUT2D eigenvalue weighted by atomic mass is 10.2. The first-order chi connectivity index (χ1) is 14.8. The predicted molar refractivity (Wildman–Crippen MR) is 109 cm³/mol. The largest absolute Gasteiger partial charge is 0.461 e. The lowest BCUT2D eigenvalue weighted by Crippen LogP contribution is -2.35. The van der Waals surface area contributed by atoms with Crippen molar-refractivity contribution in [3.8, 4) is 0 Å². The molecule has 3 rings (SSSR count). The molecule has 0 bridgehead atoms. The van der Waals surface area contributed by atoms with Gasteiger partial charge >= 0.3 is 5.97 Å². The molecule has 30 heavy (non-hydrogen) atoms. The fourth-order valence-corrected chi connectivity index (χ4v) is 2.61. The Hall–Kier alpha value is -3.69. The third kappa shape index (κ3) is 6.16. The van der Waals surface area contributed by atoms with Gasteiger partial charge in [0.1, 0.15) is 18.0 Å². The maximum Gasteiger partial charge on any atom is 0.331 e. The summed E-state index contributed by atoms with van der Waals surface area (Å²) in [6, 6.07) is 5.62. The van der Waals surface area contributed by atoms with E-state index < -0.39 is 24.0 Å². The summed E-state index contributed by atoms with van der Waals surface area (Å²) in [5, 5.41) is 12.6. The summed E-state index contributed by atoms with van der Waals surface area (Å²) in [5.41, 5.74) is 6.46. The molecule has 0 spiro atoms. The average Bonchev–Trinajstić information content (AvgIpc) is 3.21. The van der Waals surface area contributed by atoms with Crippen molar-refractivity contribution in [3.05, 3.63) is 48.5 Å². The number of anilines is 1. The Morgan fingerprint density at radius 3 is 2.57 bits per heavy atom. The Morgan fingerprint density at radius 1 is 1.27 bits per heavy atom. The van der Waals surface area contributed by atoms with Gasteiger partial charge in [0.2, 0.25) is 11.8 Å². The van der Waals surface area contributed by atoms with Crippen molar-refractivity contribution in [1.82, 2.24) is 14.9 Å². The Kier molecular flexibility index (Phi) is 6.33. The molecular weight excluding hydrogens is 388 g/mol. The molecule has 1 unspecified atom stereocenters. The Balaban J connectivity index is 1.45. The van der Waals surface area contributed by atoms with Crippen molar-refractivity contribution in [2.45, 2.75) is 37.8 Å². The average molecular weight is 413 g/mol. The van der Waals surface area contributed by atoms with Gasteiger partial charge in [-0.2, -0.15) is 0 Å². The minimum Gasteiger partial charge on any atom is -0.461 e. The van der Waals surface area contributed by atoms with Crippen LogP contribution < -0.4 is 16.4 Å². The number of amides is 2. The van der Waals surface area contributed by atoms with Crippen molar-refractivity contribution in [3.63, 3.8) is 0 Å². The lowest BCUT2D eigenvalue weighted by Gasteiger charge is -2.17. The Morgan fingerprint density at radius 2 is 1.97 bits per heavy atom. The summed E-state index contributed by atoms with van der Waals surface area (Å²) in [5.74, 6) is -1.42. The van der Waals surface area contributed by atoms with Crippen molar-refractivity contribution in [2.24, 2.45) is 5.73 Å². The van der Waals surface area contributed by atoms with Crippen molar-refractivity contribution in [2.75, 3.05) is 11.9 Å². The Labute approximate surface area is 174 Å². The second kappa shape index (κ2) is 9.68. The molecule has 0 aliphatic heterocycles. The van der Waals surface area contributed by atoms with E-state index in [-0.39, 0.29) is 31.1 Å². The highest BCUT2D eigenvalue weighted by Gasteiger charge is 2.31. The minimum atomic E-state index is -1.17. The number of benzene rings is 1. The van der Waals surface area contributed by atoms with Gasteiger partial charge in [0.05, 0.1) is 7.70 Å². The highest BCUT2D eigenvalue weighted by molar-refractivity contribution is 5.96. The van der Waals surface area contributed by atoms with Gasteiger partial charge in [-0.15, -0.1) is 0 Å². The van der Waals surface area contributed by atoms with Gasteiger partial charge in [-0.05, 0) is 37.1 Å². The second-order valence-corrected chi connectivity index (χ2v) is 6.83. The summed E-state index contributed by atoms with van der Waals surface area (Å²) in [4.78, 5) is 40.6. The van der Waals surface area contributed by atoms with E-state index in [2.05, 4.69) is 15.6 Å². The van der Waals surface area contributed by atoms with E-state index >= 15 is 0 Å². The number of imidazole rings is 1. The number of carbonyl (C=O) groups is 3. The molecule has 1 aromatic heterocycles. The quantitative estimate of drug-likeness (QED) is 0.258. The summed E-state index contributed by atoms with van der Waals surface area (Å²) in [6.45, 7) is -0.0434. The van der Waals surface area contributed by atoms with Crippen LogP contribution in [0.4, 0.5) is 5.69 Å². The number of hydrogen-bond acceptors (Lipinski definition) is 6. The molecular formula is C20H24N6O4. The van der Waals surface area contributed by atoms with Gasteiger partial charge in [0, 0.05) is 43.0 Å². The number of aromatic nitrogens is 2. The Bertz CT molecular complexity index is 957. The molecule has 0 saturated heterocycles. The SMILES string of the molecule is [2H]C1(OC(=O)C(CNC(=O)CCC(=O)Nc2ccc(C(=N)N)cc2)n2ccnc2)CC1. The van der Waals surface area contributed by atoms with E-state index in [0.29, 0.717) is 24.1 Å². The molecule has 1 fully saturated rings. The van der Waals surface area contributed by atoms with E-state index in [1.54, 1.807) is 30.5 Å². The van der Waals surface area contributed by atoms with E-state index in [0.717, 1.165) is 0 Å². The zero-order valence-corrected chi connectivity index (χ0v) is 16.3. The number of amidine groups is 1. The number of carbonyl (C=O) groups excluding carboxylic acids is 3. The number of nitrogens with two attached hydrogens (primary N) is 1. The zero-order chi connectivity index (χ0) is 22.4. The standard InChI is InChI=1S/C20H24N6O4/c21-19(22)13-1-3-14(4-2-13)25-18(28)8-7-17(27)24-11-16(26-10-9-23-12-26)20(29)30-15-5-6-15/h1-4,9-10,12,15-16H,5-8,11H2,(H3,21,22)(H,24,27)(H,25,28)/i15D. The maximum atomic E-state index is 12.4. The third-order valence-corrected chi connectivity index (χ3v) is 4.41. The zero-order valence-electron chi connectivity index (χ0n) is 17.3. The maximum absolute atomic E-state index is 12.4. The number of hydrogen-bond donors (Lipinski definition) is 4. The minimum absolute atomic E-state index is 0.0434. The van der Waals surface area contributed by atoms with Crippen LogP contribution in [-0.4, -0.2) is 45.8 Å². The number of rotatable bonds is 10. The molecule has 1 aromatic carbocycles. The van der Waals surface area contributed by atoms with Crippen LogP contribution in [0.5, 0.6) is 0 Å². The van der Waals surface area contributed by atoms with Crippen LogP contribution in [0.15, 0.2) is 43.0 Å². The normalized spacial score (nSPS) is 15.4. The smallest absolute Gasteiger partial charge is 0.331 e. The lowest BCUT2D eigenvalue weighted by molar-refractivity contribution is -0.149. The molecule has 2 amide bonds. The molecule has 1 heterocycles. The number of esters is 1. The molecule has 2 aromatic rings. The third-order valence-electron chi connectivity index (χ3n) is 4.41. The van der Waals surface area contributed by atoms with Crippen LogP contribution in [0.25, 0.3) is 0 Å². The summed E-state index contributed by atoms with van der Waals surface area (Å²) >= 11 is 0. The fourth-order valence-electron chi connectivity index (χ4n) is 2.61. The molecule has 0 radical (unpaired) electrons. The van der Waals surface area contributed by atoms with Crippen molar-refractivity contribution < 1.29 is 20.5 Å². The van der Waals surface area contributed by atoms with Gasteiger partial charge in [-0.25, -0.2) is 9.78 Å². The molecule has 10 nitrogen and oxygen atoms in total. The highest BCUT2D eigenvalue weighted by atomic mass is 16.5. The van der Waals surface area contributed by atoms with E-state index in [1.807, 2.05) is 0 Å². The first kappa shape index (κ1) is 19.6. The summed E-state index contributed by atoms with van der Waals surface area (Å²) in [6.07, 6.45) is 4.23. The van der Waals surface area contributed by atoms with Gasteiger partial charge in [-0.1, -0.05) is 0 Å². The van der Waals surface area contributed by atoms with Crippen molar-refractivity contribution in [1.29, 1.82) is 5.41 Å². The van der Waals surface area contributed by atoms with E-state index in [1.165, 1.54) is 17.1 Å². The molecule has 5 N–H and O–H groups in total. The topological polar surface area (TPSA) is 152 Å². The van der Waals surface area contributed by atoms with Crippen molar-refractivity contribution >= 4 is 29.3 Å². The molecule has 1 aliphatic rings. The number of nitrogens with one attached hydrogen (secondary N) is 3. The highest BCUT2D eigenvalue weighted by Crippen LogP contribution is 2.25. The van der Waals surface area contributed by atoms with Crippen LogP contribution in [0.2, 0.25) is 0 Å². The number of nitrogens with zero attached hydrogens (tertiary/aromatic N) is 2. The first-order valence-electron chi connectivity index (χ1n) is 9.97. The van der Waals surface area contributed by atoms with Gasteiger partial charge in [0.15, 0.2) is 0 Å². The summed E-state index contributed by atoms with van der Waals surface area (Å²) in [7, 11) is 0. The van der Waals surface area contributed by atoms with Crippen LogP contribution >= 0.6 is 0 Å². The summed E-state index contributed by atoms with van der Waals surface area (Å²) < 4.78 is 14.5.